The highest BCUT2D eigenvalue weighted by Gasteiger charge is 2.14. The summed E-state index contributed by atoms with van der Waals surface area (Å²) in [6.45, 7) is 1.98. The second-order valence-corrected chi connectivity index (χ2v) is 6.33. The van der Waals surface area contributed by atoms with Crippen LogP contribution < -0.4 is 11.2 Å². The van der Waals surface area contributed by atoms with E-state index in [9.17, 15) is 9.18 Å². The fourth-order valence-corrected chi connectivity index (χ4v) is 2.82. The van der Waals surface area contributed by atoms with Gasteiger partial charge in [-0.3, -0.25) is 4.79 Å². The summed E-state index contributed by atoms with van der Waals surface area (Å²) in [6.07, 6.45) is 0. The van der Waals surface area contributed by atoms with Gasteiger partial charge >= 0.3 is 0 Å². The van der Waals surface area contributed by atoms with Gasteiger partial charge in [0.2, 0.25) is 11.1 Å². The van der Waals surface area contributed by atoms with Crippen LogP contribution in [0.2, 0.25) is 0 Å². The normalized spacial score (nSPS) is 10.6. The van der Waals surface area contributed by atoms with Crippen LogP contribution in [0.3, 0.4) is 0 Å². The number of nitrogens with two attached hydrogens (primary N) is 1. The maximum Gasteiger partial charge on any atom is 0.234 e. The molecule has 1 amide bonds. The number of rotatable bonds is 5. The van der Waals surface area contributed by atoms with E-state index in [0.717, 1.165) is 23.0 Å². The number of hydrogen-bond donors (Lipinski definition) is 2. The molecule has 0 aliphatic rings. The van der Waals surface area contributed by atoms with Crippen molar-refractivity contribution in [3.63, 3.8) is 0 Å². The highest BCUT2D eigenvalue weighted by Crippen LogP contribution is 2.22. The van der Waals surface area contributed by atoms with Gasteiger partial charge in [0.15, 0.2) is 5.82 Å². The molecule has 8 heteroatoms. The molecule has 0 unspecified atom stereocenters. The Balaban J connectivity index is 1.64. The van der Waals surface area contributed by atoms with E-state index in [1.165, 1.54) is 16.8 Å². The SMILES string of the molecule is Cc1ccc(NC(=O)CSc2nnc(-c3cccc(F)c3)n2N)cc1. The van der Waals surface area contributed by atoms with Gasteiger partial charge in [0.05, 0.1) is 5.75 Å². The monoisotopic (exact) mass is 357 g/mol. The van der Waals surface area contributed by atoms with Crippen LogP contribution in [0.15, 0.2) is 53.7 Å². The standard InChI is InChI=1S/C17H16FN5OS/c1-11-5-7-14(8-6-11)20-15(24)10-25-17-22-21-16(23(17)19)12-3-2-4-13(18)9-12/h2-9H,10,19H2,1H3,(H,20,24). The number of halogens is 1. The predicted octanol–water partition coefficient (Wildman–Crippen LogP) is 2.84. The third-order valence-electron chi connectivity index (χ3n) is 3.42. The molecule has 0 aliphatic carbocycles. The Bertz CT molecular complexity index is 894. The molecule has 0 radical (unpaired) electrons. The fourth-order valence-electron chi connectivity index (χ4n) is 2.16. The van der Waals surface area contributed by atoms with Crippen molar-refractivity contribution in [2.24, 2.45) is 0 Å². The van der Waals surface area contributed by atoms with Gasteiger partial charge in [-0.15, -0.1) is 10.2 Å². The summed E-state index contributed by atoms with van der Waals surface area (Å²) >= 11 is 1.16. The molecule has 0 saturated carbocycles. The molecule has 128 valence electrons. The molecule has 0 spiro atoms. The average molecular weight is 357 g/mol. The van der Waals surface area contributed by atoms with E-state index in [0.29, 0.717) is 16.5 Å². The Morgan fingerprint density at radius 3 is 2.72 bits per heavy atom. The number of anilines is 1. The molecule has 0 atom stereocenters. The first kappa shape index (κ1) is 17.0. The molecule has 3 rings (SSSR count). The van der Waals surface area contributed by atoms with Crippen molar-refractivity contribution >= 4 is 23.4 Å². The number of nitrogens with one attached hydrogen (secondary N) is 1. The second-order valence-electron chi connectivity index (χ2n) is 5.39. The zero-order valence-corrected chi connectivity index (χ0v) is 14.3. The number of hydrogen-bond acceptors (Lipinski definition) is 5. The molecule has 0 fully saturated rings. The first-order valence-corrected chi connectivity index (χ1v) is 8.47. The van der Waals surface area contributed by atoms with Crippen molar-refractivity contribution in [1.82, 2.24) is 14.9 Å². The van der Waals surface area contributed by atoms with Gasteiger partial charge in [0.1, 0.15) is 5.82 Å². The lowest BCUT2D eigenvalue weighted by molar-refractivity contribution is -0.113. The lowest BCUT2D eigenvalue weighted by Crippen LogP contribution is -2.16. The number of aromatic nitrogens is 3. The Morgan fingerprint density at radius 1 is 1.24 bits per heavy atom. The third-order valence-corrected chi connectivity index (χ3v) is 4.36. The van der Waals surface area contributed by atoms with Crippen LogP contribution in [0.5, 0.6) is 0 Å². The largest absolute Gasteiger partial charge is 0.335 e. The number of amides is 1. The average Bonchev–Trinajstić information content (AvgIpc) is 2.96. The van der Waals surface area contributed by atoms with Crippen molar-refractivity contribution in [2.75, 3.05) is 16.9 Å². The van der Waals surface area contributed by atoms with E-state index < -0.39 is 0 Å². The Kier molecular flexibility index (Phi) is 4.99. The molecule has 6 nitrogen and oxygen atoms in total. The third kappa shape index (κ3) is 4.16. The van der Waals surface area contributed by atoms with Gasteiger partial charge in [0, 0.05) is 11.3 Å². The van der Waals surface area contributed by atoms with Gasteiger partial charge in [-0.05, 0) is 31.2 Å². The lowest BCUT2D eigenvalue weighted by Gasteiger charge is -2.06. The molecule has 0 bridgehead atoms. The highest BCUT2D eigenvalue weighted by molar-refractivity contribution is 7.99. The van der Waals surface area contributed by atoms with E-state index in [1.807, 2.05) is 31.2 Å². The molecule has 3 aromatic rings. The van der Waals surface area contributed by atoms with Crippen LogP contribution in [0, 0.1) is 12.7 Å². The van der Waals surface area contributed by atoms with E-state index in [-0.39, 0.29) is 17.5 Å². The Labute approximate surface area is 148 Å². The fraction of sp³-hybridized carbons (Fsp3) is 0.118. The summed E-state index contributed by atoms with van der Waals surface area (Å²) in [4.78, 5) is 12.0. The number of nitrogens with zero attached hydrogens (tertiary/aromatic N) is 3. The minimum absolute atomic E-state index is 0.131. The maximum atomic E-state index is 13.3. The second kappa shape index (κ2) is 7.35. The zero-order valence-electron chi connectivity index (χ0n) is 13.4. The van der Waals surface area contributed by atoms with Crippen LogP contribution in [-0.2, 0) is 4.79 Å². The van der Waals surface area contributed by atoms with Crippen LogP contribution in [0.25, 0.3) is 11.4 Å². The topological polar surface area (TPSA) is 85.8 Å². The van der Waals surface area contributed by atoms with Crippen molar-refractivity contribution in [3.8, 4) is 11.4 Å². The molecule has 1 heterocycles. The quantitative estimate of drug-likeness (QED) is 0.542. The van der Waals surface area contributed by atoms with Crippen molar-refractivity contribution in [1.29, 1.82) is 0 Å². The number of carbonyl (C=O) groups is 1. The summed E-state index contributed by atoms with van der Waals surface area (Å²) in [7, 11) is 0. The molecule has 0 aliphatic heterocycles. The predicted molar refractivity (Wildman–Crippen MR) is 96.1 cm³/mol. The summed E-state index contributed by atoms with van der Waals surface area (Å²) in [5.41, 5.74) is 2.37. The van der Waals surface area contributed by atoms with Crippen LogP contribution in [-0.4, -0.2) is 26.5 Å². The summed E-state index contributed by atoms with van der Waals surface area (Å²) < 4.78 is 14.6. The first-order valence-electron chi connectivity index (χ1n) is 7.48. The van der Waals surface area contributed by atoms with E-state index in [2.05, 4.69) is 15.5 Å². The molecule has 2 aromatic carbocycles. The van der Waals surface area contributed by atoms with Crippen LogP contribution in [0.4, 0.5) is 10.1 Å². The zero-order chi connectivity index (χ0) is 17.8. The number of thioether (sulfide) groups is 1. The summed E-state index contributed by atoms with van der Waals surface area (Å²) in [5.74, 6) is 5.86. The number of carbonyl (C=O) groups excluding carboxylic acids is 1. The first-order chi connectivity index (χ1) is 12.0. The number of aryl methyl sites for hydroxylation is 1. The Morgan fingerprint density at radius 2 is 2.00 bits per heavy atom. The smallest absolute Gasteiger partial charge is 0.234 e. The van der Waals surface area contributed by atoms with Gasteiger partial charge in [-0.1, -0.05) is 41.6 Å². The van der Waals surface area contributed by atoms with Gasteiger partial charge in [0.25, 0.3) is 0 Å². The lowest BCUT2D eigenvalue weighted by atomic mass is 10.2. The van der Waals surface area contributed by atoms with Gasteiger partial charge in [-0.25, -0.2) is 9.07 Å². The maximum absolute atomic E-state index is 13.3. The van der Waals surface area contributed by atoms with Crippen molar-refractivity contribution < 1.29 is 9.18 Å². The van der Waals surface area contributed by atoms with E-state index in [4.69, 9.17) is 5.84 Å². The summed E-state index contributed by atoms with van der Waals surface area (Å²) in [5, 5.41) is 11.1. The van der Waals surface area contributed by atoms with E-state index in [1.54, 1.807) is 12.1 Å². The molecular weight excluding hydrogens is 341 g/mol. The van der Waals surface area contributed by atoms with Crippen molar-refractivity contribution in [3.05, 3.63) is 59.9 Å². The number of nitrogen functional groups attached to an aromatic ring is 1. The van der Waals surface area contributed by atoms with Gasteiger partial charge in [-0.2, -0.15) is 0 Å². The Hall–Kier alpha value is -2.87. The molecule has 0 saturated heterocycles. The molecular formula is C17H16FN5OS. The van der Waals surface area contributed by atoms with Crippen LogP contribution in [0.1, 0.15) is 5.56 Å². The minimum atomic E-state index is -0.382. The van der Waals surface area contributed by atoms with Crippen molar-refractivity contribution in [2.45, 2.75) is 12.1 Å². The molecule has 25 heavy (non-hydrogen) atoms. The minimum Gasteiger partial charge on any atom is -0.335 e. The van der Waals surface area contributed by atoms with Gasteiger partial charge < -0.3 is 11.2 Å². The summed E-state index contributed by atoms with van der Waals surface area (Å²) in [6, 6.07) is 13.4. The molecule has 3 N–H and O–H groups in total. The van der Waals surface area contributed by atoms with Crippen LogP contribution >= 0.6 is 11.8 Å². The molecule has 1 aromatic heterocycles. The highest BCUT2D eigenvalue weighted by atomic mass is 32.2. The van der Waals surface area contributed by atoms with E-state index >= 15 is 0 Å². The number of benzene rings is 2.